The van der Waals surface area contributed by atoms with Gasteiger partial charge in [0, 0.05) is 18.7 Å². The third-order valence-electron chi connectivity index (χ3n) is 4.25. The van der Waals surface area contributed by atoms with E-state index < -0.39 is 0 Å². The zero-order chi connectivity index (χ0) is 14.6. The third-order valence-corrected chi connectivity index (χ3v) is 4.25. The van der Waals surface area contributed by atoms with E-state index in [9.17, 15) is 4.79 Å². The molecule has 1 aliphatic heterocycles. The minimum absolute atomic E-state index is 0.00161. The van der Waals surface area contributed by atoms with Crippen molar-refractivity contribution in [3.05, 3.63) is 35.4 Å². The lowest BCUT2D eigenvalue weighted by molar-refractivity contribution is -0.139. The van der Waals surface area contributed by atoms with Crippen LogP contribution in [-0.4, -0.2) is 31.3 Å². The fourth-order valence-electron chi connectivity index (χ4n) is 2.49. The first kappa shape index (κ1) is 15.0. The monoisotopic (exact) mass is 277 g/mol. The van der Waals surface area contributed by atoms with Crippen LogP contribution in [0.15, 0.2) is 24.3 Å². The number of carbonyl (C=O) groups excluding carboxylic acids is 1. The summed E-state index contributed by atoms with van der Waals surface area (Å²) in [6, 6.07) is 7.97. The highest BCUT2D eigenvalue weighted by Crippen LogP contribution is 2.25. The molecular weight excluding hydrogens is 254 g/mol. The van der Waals surface area contributed by atoms with Crippen molar-refractivity contribution in [2.24, 2.45) is 0 Å². The van der Waals surface area contributed by atoms with Gasteiger partial charge in [-0.1, -0.05) is 24.3 Å². The smallest absolute Gasteiger partial charge is 0.309 e. The Kier molecular flexibility index (Phi) is 4.78. The Morgan fingerprint density at radius 3 is 2.75 bits per heavy atom. The molecule has 1 fully saturated rings. The van der Waals surface area contributed by atoms with Gasteiger partial charge in [-0.05, 0) is 31.4 Å². The predicted molar refractivity (Wildman–Crippen MR) is 77.4 cm³/mol. The molecule has 0 bridgehead atoms. The maximum absolute atomic E-state index is 11.4. The van der Waals surface area contributed by atoms with E-state index in [1.54, 1.807) is 0 Å². The van der Waals surface area contributed by atoms with Gasteiger partial charge in [-0.2, -0.15) is 0 Å². The molecule has 1 heterocycles. The van der Waals surface area contributed by atoms with Crippen molar-refractivity contribution in [1.29, 1.82) is 0 Å². The van der Waals surface area contributed by atoms with Gasteiger partial charge in [0.2, 0.25) is 0 Å². The maximum Gasteiger partial charge on any atom is 0.309 e. The molecule has 2 rings (SSSR count). The molecule has 20 heavy (non-hydrogen) atoms. The van der Waals surface area contributed by atoms with E-state index in [2.05, 4.69) is 25.2 Å². The molecule has 0 amide bonds. The first-order valence-electron chi connectivity index (χ1n) is 7.05. The number of hydrogen-bond acceptors (Lipinski definition) is 4. The van der Waals surface area contributed by atoms with Gasteiger partial charge >= 0.3 is 5.97 Å². The Labute approximate surface area is 120 Å². The minimum atomic E-state index is -0.207. The fourth-order valence-corrected chi connectivity index (χ4v) is 2.49. The normalized spacial score (nSPS) is 25.6. The van der Waals surface area contributed by atoms with Crippen molar-refractivity contribution in [2.45, 2.75) is 44.9 Å². The van der Waals surface area contributed by atoms with E-state index in [0.717, 1.165) is 30.7 Å². The lowest BCUT2D eigenvalue weighted by Gasteiger charge is -2.29. The molecule has 1 saturated heterocycles. The standard InChI is InChI=1S/C16H23NO3/c1-12-16(2,8-9-20-12)17-11-14-7-5-4-6-13(14)10-15(18)19-3/h4-7,12,17H,8-11H2,1-3H3. The highest BCUT2D eigenvalue weighted by molar-refractivity contribution is 5.72. The predicted octanol–water partition coefficient (Wildman–Crippen LogP) is 2.06. The Morgan fingerprint density at radius 2 is 2.15 bits per heavy atom. The van der Waals surface area contributed by atoms with E-state index in [-0.39, 0.29) is 17.6 Å². The summed E-state index contributed by atoms with van der Waals surface area (Å²) >= 11 is 0. The summed E-state index contributed by atoms with van der Waals surface area (Å²) in [7, 11) is 1.42. The number of ether oxygens (including phenoxy) is 2. The molecule has 110 valence electrons. The number of hydrogen-bond donors (Lipinski definition) is 1. The fraction of sp³-hybridized carbons (Fsp3) is 0.562. The van der Waals surface area contributed by atoms with Crippen LogP contribution in [0.5, 0.6) is 0 Å². The molecule has 0 radical (unpaired) electrons. The molecule has 4 heteroatoms. The maximum atomic E-state index is 11.4. The summed E-state index contributed by atoms with van der Waals surface area (Å²) in [6.45, 7) is 5.82. The van der Waals surface area contributed by atoms with Crippen LogP contribution in [0.3, 0.4) is 0 Å². The number of rotatable bonds is 5. The van der Waals surface area contributed by atoms with Crippen LogP contribution in [0.2, 0.25) is 0 Å². The summed E-state index contributed by atoms with van der Waals surface area (Å²) < 4.78 is 10.4. The number of carbonyl (C=O) groups is 1. The van der Waals surface area contributed by atoms with Gasteiger partial charge in [-0.3, -0.25) is 4.79 Å². The van der Waals surface area contributed by atoms with Crippen molar-refractivity contribution < 1.29 is 14.3 Å². The molecule has 0 aromatic heterocycles. The van der Waals surface area contributed by atoms with E-state index in [0.29, 0.717) is 6.42 Å². The number of nitrogens with one attached hydrogen (secondary N) is 1. The quantitative estimate of drug-likeness (QED) is 0.837. The highest BCUT2D eigenvalue weighted by atomic mass is 16.5. The van der Waals surface area contributed by atoms with E-state index in [1.807, 2.05) is 18.2 Å². The average Bonchev–Trinajstić information content (AvgIpc) is 2.78. The van der Waals surface area contributed by atoms with Crippen molar-refractivity contribution in [1.82, 2.24) is 5.32 Å². The summed E-state index contributed by atoms with van der Waals surface area (Å²) in [6.07, 6.45) is 1.53. The lowest BCUT2D eigenvalue weighted by atomic mass is 9.94. The molecule has 0 saturated carbocycles. The zero-order valence-corrected chi connectivity index (χ0v) is 12.4. The van der Waals surface area contributed by atoms with Gasteiger partial charge in [-0.25, -0.2) is 0 Å². The van der Waals surface area contributed by atoms with Gasteiger partial charge < -0.3 is 14.8 Å². The molecular formula is C16H23NO3. The van der Waals surface area contributed by atoms with Crippen LogP contribution in [0.25, 0.3) is 0 Å². The molecule has 2 unspecified atom stereocenters. The number of methoxy groups -OCH3 is 1. The summed E-state index contributed by atoms with van der Waals surface area (Å²) in [4.78, 5) is 11.4. The van der Waals surface area contributed by atoms with Crippen LogP contribution < -0.4 is 5.32 Å². The molecule has 2 atom stereocenters. The Hall–Kier alpha value is -1.39. The van der Waals surface area contributed by atoms with Gasteiger partial charge in [0.15, 0.2) is 0 Å². The second-order valence-corrected chi connectivity index (χ2v) is 5.56. The lowest BCUT2D eigenvalue weighted by Crippen LogP contribution is -2.47. The average molecular weight is 277 g/mol. The molecule has 0 aliphatic carbocycles. The Balaban J connectivity index is 2.04. The van der Waals surface area contributed by atoms with E-state index >= 15 is 0 Å². The third kappa shape index (κ3) is 3.38. The van der Waals surface area contributed by atoms with E-state index in [1.165, 1.54) is 7.11 Å². The van der Waals surface area contributed by atoms with Gasteiger partial charge in [-0.15, -0.1) is 0 Å². The zero-order valence-electron chi connectivity index (χ0n) is 12.4. The van der Waals surface area contributed by atoms with Gasteiger partial charge in [0.1, 0.15) is 0 Å². The highest BCUT2D eigenvalue weighted by Gasteiger charge is 2.36. The van der Waals surface area contributed by atoms with Crippen molar-refractivity contribution in [3.63, 3.8) is 0 Å². The van der Waals surface area contributed by atoms with Crippen LogP contribution in [0, 0.1) is 0 Å². The van der Waals surface area contributed by atoms with E-state index in [4.69, 9.17) is 9.47 Å². The molecule has 1 aliphatic rings. The molecule has 4 nitrogen and oxygen atoms in total. The Bertz CT molecular complexity index is 475. The minimum Gasteiger partial charge on any atom is -0.469 e. The van der Waals surface area contributed by atoms with Gasteiger partial charge in [0.25, 0.3) is 0 Å². The van der Waals surface area contributed by atoms with Crippen molar-refractivity contribution in [2.75, 3.05) is 13.7 Å². The summed E-state index contributed by atoms with van der Waals surface area (Å²) in [5.41, 5.74) is 2.15. The summed E-state index contributed by atoms with van der Waals surface area (Å²) in [5, 5.41) is 3.58. The van der Waals surface area contributed by atoms with Crippen LogP contribution in [0.1, 0.15) is 31.4 Å². The first-order chi connectivity index (χ1) is 9.55. The number of benzene rings is 1. The molecule has 0 spiro atoms. The largest absolute Gasteiger partial charge is 0.469 e. The first-order valence-corrected chi connectivity index (χ1v) is 7.05. The summed E-state index contributed by atoms with van der Waals surface area (Å²) in [5.74, 6) is -0.207. The second kappa shape index (κ2) is 6.37. The van der Waals surface area contributed by atoms with Crippen molar-refractivity contribution in [3.8, 4) is 0 Å². The van der Waals surface area contributed by atoms with Crippen LogP contribution in [-0.2, 0) is 27.2 Å². The van der Waals surface area contributed by atoms with Gasteiger partial charge in [0.05, 0.1) is 19.6 Å². The Morgan fingerprint density at radius 1 is 1.45 bits per heavy atom. The SMILES string of the molecule is COC(=O)Cc1ccccc1CNC1(C)CCOC1C. The van der Waals surface area contributed by atoms with Crippen molar-refractivity contribution >= 4 is 5.97 Å². The molecule has 1 aromatic carbocycles. The second-order valence-electron chi connectivity index (χ2n) is 5.56. The molecule has 1 aromatic rings. The number of esters is 1. The van der Waals surface area contributed by atoms with Crippen LogP contribution >= 0.6 is 0 Å². The molecule has 1 N–H and O–H groups in total. The topological polar surface area (TPSA) is 47.6 Å². The van der Waals surface area contributed by atoms with Crippen LogP contribution in [0.4, 0.5) is 0 Å².